The highest BCUT2D eigenvalue weighted by Gasteiger charge is 1.99. The third-order valence-corrected chi connectivity index (χ3v) is 1.42. The third kappa shape index (κ3) is 6.20. The Balaban J connectivity index is 4.10. The summed E-state index contributed by atoms with van der Waals surface area (Å²) in [6.45, 7) is 8.14. The maximum Gasteiger partial charge on any atom is 0.174 e. The Hall–Kier alpha value is -0.990. The predicted octanol–water partition coefficient (Wildman–Crippen LogP) is 2.16. The summed E-state index contributed by atoms with van der Waals surface area (Å²) < 4.78 is 5.21. The monoisotopic (exact) mass is 184 g/mol. The summed E-state index contributed by atoms with van der Waals surface area (Å²) in [6.07, 6.45) is 3.57. The zero-order valence-corrected chi connectivity index (χ0v) is 9.16. The molecule has 76 valence electrons. The van der Waals surface area contributed by atoms with Crippen LogP contribution in [0.15, 0.2) is 16.9 Å². The molecule has 0 amide bonds. The van der Waals surface area contributed by atoms with Gasteiger partial charge in [-0.25, -0.2) is 4.99 Å². The fourth-order valence-electron chi connectivity index (χ4n) is 0.714. The lowest BCUT2D eigenvalue weighted by molar-refractivity contribution is 0.241. The van der Waals surface area contributed by atoms with Gasteiger partial charge in [0.25, 0.3) is 0 Å². The van der Waals surface area contributed by atoms with Crippen LogP contribution in [-0.4, -0.2) is 19.6 Å². The molecule has 0 unspecified atom stereocenters. The van der Waals surface area contributed by atoms with Crippen molar-refractivity contribution < 1.29 is 4.74 Å². The lowest BCUT2D eigenvalue weighted by atomic mass is 10.1. The van der Waals surface area contributed by atoms with Crippen molar-refractivity contribution in [3.8, 4) is 0 Å². The Kier molecular flexibility index (Phi) is 6.02. The number of ether oxygens (including phenoxy) is 1. The molecule has 0 aromatic rings. The topological polar surface area (TPSA) is 33.6 Å². The summed E-state index contributed by atoms with van der Waals surface area (Å²) in [4.78, 5) is 4.20. The van der Waals surface area contributed by atoms with E-state index >= 15 is 0 Å². The van der Waals surface area contributed by atoms with Crippen LogP contribution in [0.2, 0.25) is 0 Å². The molecule has 0 heterocycles. The second kappa shape index (κ2) is 6.52. The van der Waals surface area contributed by atoms with E-state index in [9.17, 15) is 0 Å². The highest BCUT2D eigenvalue weighted by Crippen LogP contribution is 2.08. The predicted molar refractivity (Wildman–Crippen MR) is 56.7 cm³/mol. The first-order chi connectivity index (χ1) is 6.07. The molecule has 0 spiro atoms. The van der Waals surface area contributed by atoms with Gasteiger partial charge < -0.3 is 10.1 Å². The standard InChI is InChI=1S/C10H20N2O/c1-8(2)10(6-11-5)12-7-13-9(3)4/h6-9,11H,1-5H3/b10-6-,12-7?. The molecule has 0 aromatic carbocycles. The number of nitrogens with one attached hydrogen (secondary N) is 1. The highest BCUT2D eigenvalue weighted by molar-refractivity contribution is 5.49. The molecule has 0 bridgehead atoms. The van der Waals surface area contributed by atoms with Crippen molar-refractivity contribution >= 4 is 6.40 Å². The van der Waals surface area contributed by atoms with Crippen LogP contribution in [0.1, 0.15) is 27.7 Å². The summed E-state index contributed by atoms with van der Waals surface area (Å²) in [5.41, 5.74) is 0.989. The first-order valence-electron chi connectivity index (χ1n) is 4.63. The molecule has 3 nitrogen and oxygen atoms in total. The van der Waals surface area contributed by atoms with E-state index in [2.05, 4.69) is 24.2 Å². The summed E-state index contributed by atoms with van der Waals surface area (Å²) in [7, 11) is 1.86. The molecule has 0 rings (SSSR count). The second-order valence-electron chi connectivity index (χ2n) is 3.43. The second-order valence-corrected chi connectivity index (χ2v) is 3.43. The van der Waals surface area contributed by atoms with Crippen molar-refractivity contribution in [1.29, 1.82) is 0 Å². The number of hydrogen-bond donors (Lipinski definition) is 1. The Labute approximate surface area is 80.9 Å². The van der Waals surface area contributed by atoms with Crippen LogP contribution in [0.4, 0.5) is 0 Å². The van der Waals surface area contributed by atoms with Gasteiger partial charge in [-0.05, 0) is 19.8 Å². The molecule has 0 aliphatic heterocycles. The van der Waals surface area contributed by atoms with Gasteiger partial charge in [-0.15, -0.1) is 0 Å². The maximum atomic E-state index is 5.21. The van der Waals surface area contributed by atoms with Crippen LogP contribution < -0.4 is 5.32 Å². The number of allylic oxidation sites excluding steroid dienone is 1. The average Bonchev–Trinajstić information content (AvgIpc) is 2.02. The summed E-state index contributed by atoms with van der Waals surface area (Å²) in [6, 6.07) is 0. The van der Waals surface area contributed by atoms with Gasteiger partial charge in [-0.1, -0.05) is 13.8 Å². The minimum Gasteiger partial charge on any atom is -0.481 e. The SMILES string of the molecule is CN/C=C(\N=COC(C)C)C(C)C. The molecule has 0 atom stereocenters. The summed E-state index contributed by atoms with van der Waals surface area (Å²) >= 11 is 0. The quantitative estimate of drug-likeness (QED) is 0.524. The first kappa shape index (κ1) is 12.0. The molecule has 0 saturated heterocycles. The molecule has 0 aliphatic carbocycles. The van der Waals surface area contributed by atoms with E-state index in [1.54, 1.807) is 0 Å². The highest BCUT2D eigenvalue weighted by atomic mass is 16.5. The van der Waals surface area contributed by atoms with Crippen molar-refractivity contribution in [2.45, 2.75) is 33.8 Å². The summed E-state index contributed by atoms with van der Waals surface area (Å²) in [5.74, 6) is 0.402. The van der Waals surface area contributed by atoms with Crippen LogP contribution in [0.5, 0.6) is 0 Å². The first-order valence-corrected chi connectivity index (χ1v) is 4.63. The van der Waals surface area contributed by atoms with Gasteiger partial charge in [-0.2, -0.15) is 0 Å². The Bertz CT molecular complexity index is 183. The summed E-state index contributed by atoms with van der Waals surface area (Å²) in [5, 5.41) is 2.96. The van der Waals surface area contributed by atoms with Gasteiger partial charge >= 0.3 is 0 Å². The van der Waals surface area contributed by atoms with Crippen LogP contribution in [0.3, 0.4) is 0 Å². The lowest BCUT2D eigenvalue weighted by Crippen LogP contribution is -2.03. The maximum absolute atomic E-state index is 5.21. The van der Waals surface area contributed by atoms with Crippen molar-refractivity contribution in [3.63, 3.8) is 0 Å². The van der Waals surface area contributed by atoms with E-state index in [0.29, 0.717) is 5.92 Å². The van der Waals surface area contributed by atoms with Crippen molar-refractivity contribution in [2.24, 2.45) is 10.9 Å². The van der Waals surface area contributed by atoms with Crippen LogP contribution in [0.25, 0.3) is 0 Å². The molecule has 0 saturated carbocycles. The van der Waals surface area contributed by atoms with Crippen molar-refractivity contribution in [3.05, 3.63) is 11.9 Å². The van der Waals surface area contributed by atoms with E-state index < -0.39 is 0 Å². The van der Waals surface area contributed by atoms with Crippen molar-refractivity contribution in [2.75, 3.05) is 7.05 Å². The van der Waals surface area contributed by atoms with Crippen molar-refractivity contribution in [1.82, 2.24) is 5.32 Å². The Morgan fingerprint density at radius 2 is 1.92 bits per heavy atom. The van der Waals surface area contributed by atoms with E-state index in [0.717, 1.165) is 5.70 Å². The normalized spacial score (nSPS) is 13.0. The average molecular weight is 184 g/mol. The third-order valence-electron chi connectivity index (χ3n) is 1.42. The molecule has 0 aliphatic rings. The Morgan fingerprint density at radius 3 is 2.31 bits per heavy atom. The fourth-order valence-corrected chi connectivity index (χ4v) is 0.714. The van der Waals surface area contributed by atoms with Crippen LogP contribution in [0, 0.1) is 5.92 Å². The van der Waals surface area contributed by atoms with Crippen LogP contribution >= 0.6 is 0 Å². The number of nitrogens with zero attached hydrogens (tertiary/aromatic N) is 1. The van der Waals surface area contributed by atoms with Gasteiger partial charge in [0.2, 0.25) is 0 Å². The molecule has 0 fully saturated rings. The fraction of sp³-hybridized carbons (Fsp3) is 0.700. The minimum atomic E-state index is 0.187. The number of aliphatic imine (C=N–C) groups is 1. The van der Waals surface area contributed by atoms with Crippen LogP contribution in [-0.2, 0) is 4.74 Å². The number of rotatable bonds is 5. The van der Waals surface area contributed by atoms with E-state index in [4.69, 9.17) is 4.74 Å². The van der Waals surface area contributed by atoms with Gasteiger partial charge in [0.05, 0.1) is 11.8 Å². The van der Waals surface area contributed by atoms with Gasteiger partial charge in [0, 0.05) is 13.2 Å². The van der Waals surface area contributed by atoms with Gasteiger partial charge in [0.15, 0.2) is 6.40 Å². The Morgan fingerprint density at radius 1 is 1.31 bits per heavy atom. The van der Waals surface area contributed by atoms with E-state index in [1.165, 1.54) is 6.40 Å². The lowest BCUT2D eigenvalue weighted by Gasteiger charge is -2.06. The smallest absolute Gasteiger partial charge is 0.174 e. The zero-order valence-electron chi connectivity index (χ0n) is 9.16. The largest absolute Gasteiger partial charge is 0.481 e. The van der Waals surface area contributed by atoms with E-state index in [-0.39, 0.29) is 6.10 Å². The molecule has 0 aromatic heterocycles. The molecule has 1 N–H and O–H groups in total. The molecular formula is C10H20N2O. The molecule has 3 heteroatoms. The zero-order chi connectivity index (χ0) is 10.3. The van der Waals surface area contributed by atoms with Gasteiger partial charge in [0.1, 0.15) is 0 Å². The number of hydrogen-bond acceptors (Lipinski definition) is 3. The molecule has 13 heavy (non-hydrogen) atoms. The minimum absolute atomic E-state index is 0.187. The van der Waals surface area contributed by atoms with E-state index in [1.807, 2.05) is 27.1 Å². The molecule has 0 radical (unpaired) electrons. The molecular weight excluding hydrogens is 164 g/mol. The van der Waals surface area contributed by atoms with Gasteiger partial charge in [-0.3, -0.25) is 0 Å².